The van der Waals surface area contributed by atoms with Crippen molar-refractivity contribution >= 4 is 33.0 Å². The third kappa shape index (κ3) is 4.10. The highest BCUT2D eigenvalue weighted by Gasteiger charge is 2.24. The van der Waals surface area contributed by atoms with E-state index < -0.39 is 10.0 Å². The minimum absolute atomic E-state index is 0.0913. The Hall–Kier alpha value is -2.64. The summed E-state index contributed by atoms with van der Waals surface area (Å²) in [5.74, 6) is -0.219. The first-order valence-electron chi connectivity index (χ1n) is 8.73. The summed E-state index contributed by atoms with van der Waals surface area (Å²) in [4.78, 5) is 15.5. The maximum Gasteiger partial charge on any atom is 0.264 e. The van der Waals surface area contributed by atoms with Crippen molar-refractivity contribution in [2.75, 3.05) is 18.4 Å². The summed E-state index contributed by atoms with van der Waals surface area (Å²) in [6, 6.07) is 17.4. The van der Waals surface area contributed by atoms with Crippen molar-refractivity contribution in [3.63, 3.8) is 0 Å². The van der Waals surface area contributed by atoms with Crippen LogP contribution in [0.5, 0.6) is 0 Å². The van der Waals surface area contributed by atoms with Crippen LogP contribution >= 0.6 is 11.3 Å². The van der Waals surface area contributed by atoms with Gasteiger partial charge in [-0.1, -0.05) is 30.3 Å². The van der Waals surface area contributed by atoms with E-state index >= 15 is 0 Å². The average Bonchev–Trinajstić information content (AvgIpc) is 3.20. The second-order valence-electron chi connectivity index (χ2n) is 6.53. The predicted molar refractivity (Wildman–Crippen MR) is 113 cm³/mol. The first-order valence-corrected chi connectivity index (χ1v) is 11.0. The van der Waals surface area contributed by atoms with Crippen molar-refractivity contribution in [1.29, 1.82) is 0 Å². The van der Waals surface area contributed by atoms with Crippen LogP contribution in [0.15, 0.2) is 70.9 Å². The molecular weight excluding hydrogens is 392 g/mol. The highest BCUT2D eigenvalue weighted by Crippen LogP contribution is 2.25. The summed E-state index contributed by atoms with van der Waals surface area (Å²) in [7, 11) is -0.548. The zero-order valence-corrected chi connectivity index (χ0v) is 17.6. The van der Waals surface area contributed by atoms with Gasteiger partial charge in [-0.15, -0.1) is 11.3 Å². The molecule has 3 rings (SSSR count). The van der Waals surface area contributed by atoms with Crippen molar-refractivity contribution in [1.82, 2.24) is 4.90 Å². The fraction of sp³-hybridized carbons (Fsp3) is 0.190. The number of rotatable bonds is 6. The van der Waals surface area contributed by atoms with E-state index in [1.165, 1.54) is 23.5 Å². The quantitative estimate of drug-likeness (QED) is 0.609. The van der Waals surface area contributed by atoms with Gasteiger partial charge in [0, 0.05) is 24.5 Å². The van der Waals surface area contributed by atoms with Gasteiger partial charge in [0.05, 0.1) is 17.1 Å². The number of hydrogen-bond donors (Lipinski definition) is 0. The number of anilines is 1. The Kier molecular flexibility index (Phi) is 5.86. The van der Waals surface area contributed by atoms with Gasteiger partial charge in [0.15, 0.2) is 0 Å². The second-order valence-corrected chi connectivity index (χ2v) is 9.53. The molecular formula is C21H22N2O3S2. The SMILES string of the molecule is Cc1ccccc1N(C)S(=O)(=O)c1cccc(C(=O)N(C)Cc2cccs2)c1. The number of nitrogens with zero attached hydrogens (tertiary/aromatic N) is 2. The molecule has 0 aliphatic rings. The van der Waals surface area contributed by atoms with Gasteiger partial charge in [-0.25, -0.2) is 8.42 Å². The lowest BCUT2D eigenvalue weighted by molar-refractivity contribution is 0.0786. The van der Waals surface area contributed by atoms with E-state index in [-0.39, 0.29) is 10.8 Å². The summed E-state index contributed by atoms with van der Waals surface area (Å²) in [5.41, 5.74) is 1.81. The smallest absolute Gasteiger partial charge is 0.264 e. The minimum Gasteiger partial charge on any atom is -0.337 e. The van der Waals surface area contributed by atoms with E-state index in [0.29, 0.717) is 17.8 Å². The zero-order valence-electron chi connectivity index (χ0n) is 16.0. The number of benzene rings is 2. The van der Waals surface area contributed by atoms with Crippen molar-refractivity contribution < 1.29 is 13.2 Å². The predicted octanol–water partition coefficient (Wildman–Crippen LogP) is 4.15. The number of para-hydroxylation sites is 1. The summed E-state index contributed by atoms with van der Waals surface area (Å²) < 4.78 is 27.4. The van der Waals surface area contributed by atoms with Gasteiger partial charge < -0.3 is 4.90 Å². The number of carbonyl (C=O) groups is 1. The topological polar surface area (TPSA) is 57.7 Å². The number of amides is 1. The molecule has 5 nitrogen and oxygen atoms in total. The molecule has 1 amide bonds. The van der Waals surface area contributed by atoms with E-state index in [2.05, 4.69) is 0 Å². The molecule has 146 valence electrons. The van der Waals surface area contributed by atoms with Crippen LogP contribution < -0.4 is 4.31 Å². The number of hydrogen-bond acceptors (Lipinski definition) is 4. The van der Waals surface area contributed by atoms with E-state index in [9.17, 15) is 13.2 Å². The van der Waals surface area contributed by atoms with Crippen molar-refractivity contribution in [3.05, 3.63) is 82.0 Å². The molecule has 1 heterocycles. The minimum atomic E-state index is -3.78. The average molecular weight is 415 g/mol. The molecule has 0 atom stereocenters. The fourth-order valence-electron chi connectivity index (χ4n) is 2.92. The molecule has 0 radical (unpaired) electrons. The van der Waals surface area contributed by atoms with Crippen molar-refractivity contribution in [3.8, 4) is 0 Å². The molecule has 0 aliphatic carbocycles. The van der Waals surface area contributed by atoms with E-state index in [1.807, 2.05) is 36.6 Å². The molecule has 0 saturated heterocycles. The zero-order chi connectivity index (χ0) is 20.3. The van der Waals surface area contributed by atoms with Gasteiger partial charge in [0.25, 0.3) is 15.9 Å². The molecule has 0 aliphatic heterocycles. The van der Waals surface area contributed by atoms with Crippen LogP contribution in [0.3, 0.4) is 0 Å². The van der Waals surface area contributed by atoms with E-state index in [4.69, 9.17) is 0 Å². The summed E-state index contributed by atoms with van der Waals surface area (Å²) >= 11 is 1.58. The van der Waals surface area contributed by atoms with Crippen LogP contribution in [0.4, 0.5) is 5.69 Å². The fourth-order valence-corrected chi connectivity index (χ4v) is 4.99. The summed E-state index contributed by atoms with van der Waals surface area (Å²) in [6.07, 6.45) is 0. The van der Waals surface area contributed by atoms with Crippen LogP contribution in [0.1, 0.15) is 20.8 Å². The van der Waals surface area contributed by atoms with Gasteiger partial charge in [0.1, 0.15) is 0 Å². The molecule has 3 aromatic rings. The Morgan fingerprint density at radius 1 is 1.00 bits per heavy atom. The summed E-state index contributed by atoms with van der Waals surface area (Å²) in [5, 5.41) is 1.96. The van der Waals surface area contributed by atoms with Crippen molar-refractivity contribution in [2.24, 2.45) is 0 Å². The molecule has 28 heavy (non-hydrogen) atoms. The molecule has 7 heteroatoms. The number of sulfonamides is 1. The highest BCUT2D eigenvalue weighted by molar-refractivity contribution is 7.92. The third-order valence-corrected chi connectivity index (χ3v) is 7.14. The van der Waals surface area contributed by atoms with Gasteiger partial charge in [-0.3, -0.25) is 9.10 Å². The number of carbonyl (C=O) groups excluding carboxylic acids is 1. The maximum atomic E-state index is 13.1. The molecule has 2 aromatic carbocycles. The largest absolute Gasteiger partial charge is 0.337 e. The Bertz CT molecular complexity index is 1080. The molecule has 0 fully saturated rings. The number of aryl methyl sites for hydroxylation is 1. The van der Waals surface area contributed by atoms with Gasteiger partial charge >= 0.3 is 0 Å². The maximum absolute atomic E-state index is 13.1. The Balaban J connectivity index is 1.87. The van der Waals surface area contributed by atoms with Gasteiger partial charge in [-0.2, -0.15) is 0 Å². The standard InChI is InChI=1S/C21H22N2O3S2/c1-16-8-4-5-12-20(16)23(3)28(25,26)19-11-6-9-17(14-19)21(24)22(2)15-18-10-7-13-27-18/h4-14H,15H2,1-3H3. The van der Waals surface area contributed by atoms with Crippen LogP contribution in [-0.4, -0.2) is 33.3 Å². The van der Waals surface area contributed by atoms with E-state index in [0.717, 1.165) is 10.4 Å². The number of thiophene rings is 1. The van der Waals surface area contributed by atoms with Crippen LogP contribution in [0, 0.1) is 6.92 Å². The molecule has 1 aromatic heterocycles. The van der Waals surface area contributed by atoms with Crippen LogP contribution in [-0.2, 0) is 16.6 Å². The van der Waals surface area contributed by atoms with E-state index in [1.54, 1.807) is 47.5 Å². The molecule has 0 spiro atoms. The molecule has 0 N–H and O–H groups in total. The lowest BCUT2D eigenvalue weighted by atomic mass is 10.2. The van der Waals surface area contributed by atoms with Crippen LogP contribution in [0.2, 0.25) is 0 Å². The molecule has 0 saturated carbocycles. The van der Waals surface area contributed by atoms with Crippen LogP contribution in [0.25, 0.3) is 0 Å². The summed E-state index contributed by atoms with van der Waals surface area (Å²) in [6.45, 7) is 2.34. The Morgan fingerprint density at radius 3 is 2.43 bits per heavy atom. The van der Waals surface area contributed by atoms with Gasteiger partial charge in [-0.05, 0) is 48.2 Å². The second kappa shape index (κ2) is 8.16. The molecule has 0 bridgehead atoms. The Morgan fingerprint density at radius 2 is 1.75 bits per heavy atom. The normalized spacial score (nSPS) is 11.2. The lowest BCUT2D eigenvalue weighted by Gasteiger charge is -2.22. The first kappa shape index (κ1) is 20.1. The first-order chi connectivity index (χ1) is 13.3. The molecule has 0 unspecified atom stereocenters. The van der Waals surface area contributed by atoms with Crippen molar-refractivity contribution in [2.45, 2.75) is 18.4 Å². The third-order valence-electron chi connectivity index (χ3n) is 4.51. The Labute approximate surface area is 169 Å². The lowest BCUT2D eigenvalue weighted by Crippen LogP contribution is -2.28. The van der Waals surface area contributed by atoms with Gasteiger partial charge in [0.2, 0.25) is 0 Å². The monoisotopic (exact) mass is 414 g/mol. The highest BCUT2D eigenvalue weighted by atomic mass is 32.2.